The van der Waals surface area contributed by atoms with Crippen molar-refractivity contribution < 1.29 is 14.6 Å². The van der Waals surface area contributed by atoms with Crippen LogP contribution in [-0.4, -0.2) is 41.7 Å². The van der Waals surface area contributed by atoms with E-state index in [1.165, 1.54) is 0 Å². The summed E-state index contributed by atoms with van der Waals surface area (Å²) in [5.41, 5.74) is 0.968. The zero-order valence-corrected chi connectivity index (χ0v) is 13.3. The lowest BCUT2D eigenvalue weighted by molar-refractivity contribution is -0.132. The van der Waals surface area contributed by atoms with Crippen LogP contribution in [0.4, 0.5) is 0 Å². The first-order valence-electron chi connectivity index (χ1n) is 7.50. The minimum absolute atomic E-state index is 0.101. The summed E-state index contributed by atoms with van der Waals surface area (Å²) < 4.78 is 5.35. The first kappa shape index (κ1) is 17.3. The lowest BCUT2D eigenvalue weighted by Gasteiger charge is -2.23. The van der Waals surface area contributed by atoms with E-state index >= 15 is 0 Å². The Morgan fingerprint density at radius 3 is 2.57 bits per heavy atom. The molecule has 0 spiro atoms. The van der Waals surface area contributed by atoms with E-state index in [-0.39, 0.29) is 17.7 Å². The van der Waals surface area contributed by atoms with E-state index in [1.54, 1.807) is 17.0 Å². The van der Waals surface area contributed by atoms with E-state index in [4.69, 9.17) is 4.74 Å². The Morgan fingerprint density at radius 2 is 2.00 bits per heavy atom. The van der Waals surface area contributed by atoms with Crippen LogP contribution in [0.5, 0.6) is 11.5 Å². The molecule has 1 aromatic carbocycles. The van der Waals surface area contributed by atoms with E-state index in [2.05, 4.69) is 5.32 Å². The van der Waals surface area contributed by atoms with Gasteiger partial charge in [0.15, 0.2) is 11.5 Å². The number of hydrogen-bond acceptors (Lipinski definition) is 4. The molecule has 1 rings (SSSR count). The minimum Gasteiger partial charge on any atom is -0.504 e. The number of hydrogen-bond donors (Lipinski definition) is 2. The number of carbonyl (C=O) groups excluding carboxylic acids is 1. The van der Waals surface area contributed by atoms with Crippen molar-refractivity contribution in [2.24, 2.45) is 0 Å². The maximum Gasteiger partial charge on any atom is 0.239 e. The van der Waals surface area contributed by atoms with Crippen LogP contribution >= 0.6 is 0 Å². The first-order valence-corrected chi connectivity index (χ1v) is 7.50. The lowest BCUT2D eigenvalue weighted by Crippen LogP contribution is -2.44. The third-order valence-electron chi connectivity index (χ3n) is 3.38. The molecule has 21 heavy (non-hydrogen) atoms. The third kappa shape index (κ3) is 4.93. The highest BCUT2D eigenvalue weighted by atomic mass is 16.5. The SMILES string of the molecule is CCOc1cc(CNC(C)C(=O)N(CC)CC)ccc1O. The Balaban J connectivity index is 2.62. The number of carbonyl (C=O) groups is 1. The average molecular weight is 294 g/mol. The summed E-state index contributed by atoms with van der Waals surface area (Å²) in [7, 11) is 0. The molecular weight excluding hydrogens is 268 g/mol. The Labute approximate surface area is 126 Å². The molecule has 0 bridgehead atoms. The molecule has 0 aromatic heterocycles. The van der Waals surface area contributed by atoms with Gasteiger partial charge in [0, 0.05) is 19.6 Å². The van der Waals surface area contributed by atoms with Gasteiger partial charge < -0.3 is 20.1 Å². The molecule has 1 amide bonds. The van der Waals surface area contributed by atoms with Gasteiger partial charge in [-0.1, -0.05) is 6.07 Å². The van der Waals surface area contributed by atoms with Crippen molar-refractivity contribution >= 4 is 5.91 Å². The van der Waals surface area contributed by atoms with Gasteiger partial charge in [-0.05, 0) is 45.4 Å². The third-order valence-corrected chi connectivity index (χ3v) is 3.38. The van der Waals surface area contributed by atoms with Crippen LogP contribution in [0, 0.1) is 0 Å². The van der Waals surface area contributed by atoms with Crippen LogP contribution in [0.1, 0.15) is 33.3 Å². The second-order valence-corrected chi connectivity index (χ2v) is 4.85. The second-order valence-electron chi connectivity index (χ2n) is 4.85. The fraction of sp³-hybridized carbons (Fsp3) is 0.562. The second kappa shape index (κ2) is 8.52. The molecule has 0 heterocycles. The fourth-order valence-electron chi connectivity index (χ4n) is 2.11. The molecule has 0 saturated heterocycles. The van der Waals surface area contributed by atoms with Crippen LogP contribution in [0.15, 0.2) is 18.2 Å². The normalized spacial score (nSPS) is 12.0. The summed E-state index contributed by atoms with van der Waals surface area (Å²) in [5, 5.41) is 12.9. The van der Waals surface area contributed by atoms with Gasteiger partial charge in [-0.2, -0.15) is 0 Å². The van der Waals surface area contributed by atoms with E-state index < -0.39 is 0 Å². The molecule has 0 radical (unpaired) electrons. The Bertz CT molecular complexity index is 459. The van der Waals surface area contributed by atoms with E-state index in [0.29, 0.717) is 18.9 Å². The van der Waals surface area contributed by atoms with Gasteiger partial charge in [0.2, 0.25) is 5.91 Å². The van der Waals surface area contributed by atoms with Crippen molar-refractivity contribution in [3.05, 3.63) is 23.8 Å². The number of phenols is 1. The van der Waals surface area contributed by atoms with Gasteiger partial charge >= 0.3 is 0 Å². The van der Waals surface area contributed by atoms with Gasteiger partial charge in [-0.15, -0.1) is 0 Å². The maximum absolute atomic E-state index is 12.1. The topological polar surface area (TPSA) is 61.8 Å². The van der Waals surface area contributed by atoms with E-state index in [1.807, 2.05) is 33.8 Å². The molecule has 0 aliphatic rings. The summed E-state index contributed by atoms with van der Waals surface area (Å²) >= 11 is 0. The fourth-order valence-corrected chi connectivity index (χ4v) is 2.11. The first-order chi connectivity index (χ1) is 10.0. The quantitative estimate of drug-likeness (QED) is 0.771. The Kier molecular flexibility index (Phi) is 7.02. The predicted molar refractivity (Wildman–Crippen MR) is 83.5 cm³/mol. The molecule has 1 atom stereocenters. The van der Waals surface area contributed by atoms with Crippen LogP contribution in [0.3, 0.4) is 0 Å². The highest BCUT2D eigenvalue weighted by Gasteiger charge is 2.17. The number of amides is 1. The van der Waals surface area contributed by atoms with Crippen molar-refractivity contribution in [3.8, 4) is 11.5 Å². The van der Waals surface area contributed by atoms with E-state index in [9.17, 15) is 9.90 Å². The molecule has 1 unspecified atom stereocenters. The standard InChI is InChI=1S/C16H26N2O3/c1-5-18(6-2)16(20)12(4)17-11-13-8-9-14(19)15(10-13)21-7-3/h8-10,12,17,19H,5-7,11H2,1-4H3. The minimum atomic E-state index is -0.241. The molecule has 0 aliphatic carbocycles. The Hall–Kier alpha value is -1.75. The predicted octanol–water partition coefficient (Wildman–Crippen LogP) is 2.14. The summed E-state index contributed by atoms with van der Waals surface area (Å²) in [6, 6.07) is 4.98. The number of likely N-dealkylation sites (N-methyl/N-ethyl adjacent to an activating group) is 1. The summed E-state index contributed by atoms with van der Waals surface area (Å²) in [4.78, 5) is 14.0. The monoisotopic (exact) mass is 294 g/mol. The average Bonchev–Trinajstić information content (AvgIpc) is 2.49. The maximum atomic E-state index is 12.1. The van der Waals surface area contributed by atoms with Gasteiger partial charge in [-0.25, -0.2) is 0 Å². The van der Waals surface area contributed by atoms with Gasteiger partial charge in [0.05, 0.1) is 12.6 Å². The molecule has 0 saturated carbocycles. The Morgan fingerprint density at radius 1 is 1.33 bits per heavy atom. The van der Waals surface area contributed by atoms with Crippen molar-refractivity contribution in [1.82, 2.24) is 10.2 Å². The smallest absolute Gasteiger partial charge is 0.239 e. The van der Waals surface area contributed by atoms with Gasteiger partial charge in [0.25, 0.3) is 0 Å². The lowest BCUT2D eigenvalue weighted by atomic mass is 10.2. The number of phenolic OH excluding ortho intramolecular Hbond substituents is 1. The summed E-state index contributed by atoms with van der Waals surface area (Å²) in [6.45, 7) is 10.2. The number of nitrogens with one attached hydrogen (secondary N) is 1. The highest BCUT2D eigenvalue weighted by molar-refractivity contribution is 5.81. The van der Waals surface area contributed by atoms with Crippen molar-refractivity contribution in [2.75, 3.05) is 19.7 Å². The number of nitrogens with zero attached hydrogens (tertiary/aromatic N) is 1. The van der Waals surface area contributed by atoms with Crippen molar-refractivity contribution in [1.29, 1.82) is 0 Å². The zero-order chi connectivity index (χ0) is 15.8. The van der Waals surface area contributed by atoms with Gasteiger partial charge in [-0.3, -0.25) is 4.79 Å². The van der Waals surface area contributed by atoms with Crippen LogP contribution in [-0.2, 0) is 11.3 Å². The molecule has 118 valence electrons. The largest absolute Gasteiger partial charge is 0.504 e. The van der Waals surface area contributed by atoms with E-state index in [0.717, 1.165) is 18.7 Å². The molecule has 2 N–H and O–H groups in total. The van der Waals surface area contributed by atoms with Crippen LogP contribution in [0.2, 0.25) is 0 Å². The number of rotatable bonds is 8. The number of aromatic hydroxyl groups is 1. The zero-order valence-electron chi connectivity index (χ0n) is 13.3. The molecule has 0 aliphatic heterocycles. The molecule has 0 fully saturated rings. The molecular formula is C16H26N2O3. The molecule has 5 nitrogen and oxygen atoms in total. The van der Waals surface area contributed by atoms with Gasteiger partial charge in [0.1, 0.15) is 0 Å². The summed E-state index contributed by atoms with van der Waals surface area (Å²) in [6.07, 6.45) is 0. The summed E-state index contributed by atoms with van der Waals surface area (Å²) in [5.74, 6) is 0.705. The highest BCUT2D eigenvalue weighted by Crippen LogP contribution is 2.26. The number of ether oxygens (including phenoxy) is 1. The molecule has 5 heteroatoms. The van der Waals surface area contributed by atoms with Crippen LogP contribution < -0.4 is 10.1 Å². The van der Waals surface area contributed by atoms with Crippen LogP contribution in [0.25, 0.3) is 0 Å². The molecule has 1 aromatic rings. The van der Waals surface area contributed by atoms with Crippen molar-refractivity contribution in [2.45, 2.75) is 40.3 Å². The van der Waals surface area contributed by atoms with Crippen molar-refractivity contribution in [3.63, 3.8) is 0 Å². The number of benzene rings is 1.